The number of rotatable bonds is 6. The van der Waals surface area contributed by atoms with Crippen LogP contribution in [-0.2, 0) is 6.54 Å². The molecule has 21 heavy (non-hydrogen) atoms. The third kappa shape index (κ3) is 3.84. The molecule has 3 nitrogen and oxygen atoms in total. The van der Waals surface area contributed by atoms with Crippen LogP contribution in [0.5, 0.6) is 5.75 Å². The predicted octanol–water partition coefficient (Wildman–Crippen LogP) is 3.51. The van der Waals surface area contributed by atoms with Crippen molar-refractivity contribution in [1.82, 2.24) is 4.90 Å². The highest BCUT2D eigenvalue weighted by atomic mass is 32.1. The van der Waals surface area contributed by atoms with Crippen LogP contribution < -0.4 is 10.5 Å². The van der Waals surface area contributed by atoms with Gasteiger partial charge in [0.05, 0.1) is 7.11 Å². The summed E-state index contributed by atoms with van der Waals surface area (Å²) >= 11 is 1.84. The largest absolute Gasteiger partial charge is 0.497 e. The van der Waals surface area contributed by atoms with Crippen molar-refractivity contribution >= 4 is 11.3 Å². The summed E-state index contributed by atoms with van der Waals surface area (Å²) in [7, 11) is 3.82. The Morgan fingerprint density at radius 2 is 1.90 bits per heavy atom. The third-order valence-corrected chi connectivity index (χ3v) is 4.77. The minimum Gasteiger partial charge on any atom is -0.497 e. The first-order valence-electron chi connectivity index (χ1n) is 7.15. The number of hydrogen-bond donors (Lipinski definition) is 1. The molecule has 0 spiro atoms. The molecule has 0 aliphatic heterocycles. The van der Waals surface area contributed by atoms with Crippen LogP contribution in [0.25, 0.3) is 0 Å². The molecule has 1 atom stereocenters. The lowest BCUT2D eigenvalue weighted by molar-refractivity contribution is 0.241. The first kappa shape index (κ1) is 16.0. The number of nitrogens with zero attached hydrogens (tertiary/aromatic N) is 1. The van der Waals surface area contributed by atoms with Gasteiger partial charge in [-0.25, -0.2) is 0 Å². The third-order valence-electron chi connectivity index (χ3n) is 3.78. The Morgan fingerprint density at radius 1 is 1.24 bits per heavy atom. The SMILES string of the molecule is COc1ccc(CN(C)C(CN)c2cc(C)sc2C)cc1. The first-order valence-corrected chi connectivity index (χ1v) is 7.97. The molecule has 0 aliphatic rings. The van der Waals surface area contributed by atoms with Crippen molar-refractivity contribution in [2.45, 2.75) is 26.4 Å². The van der Waals surface area contributed by atoms with Crippen LogP contribution in [-0.4, -0.2) is 25.6 Å². The molecular formula is C17H24N2OS. The molecule has 1 aromatic heterocycles. The van der Waals surface area contributed by atoms with Crippen molar-refractivity contribution in [3.63, 3.8) is 0 Å². The average Bonchev–Trinajstić information content (AvgIpc) is 2.79. The average molecular weight is 304 g/mol. The molecule has 2 rings (SSSR count). The zero-order valence-corrected chi connectivity index (χ0v) is 14.0. The fourth-order valence-corrected chi connectivity index (χ4v) is 3.64. The van der Waals surface area contributed by atoms with Gasteiger partial charge in [-0.2, -0.15) is 0 Å². The molecule has 1 aromatic carbocycles. The molecule has 2 aromatic rings. The van der Waals surface area contributed by atoms with Crippen molar-refractivity contribution in [3.8, 4) is 5.75 Å². The summed E-state index contributed by atoms with van der Waals surface area (Å²) in [4.78, 5) is 5.03. The first-order chi connectivity index (χ1) is 10.0. The molecule has 1 heterocycles. The van der Waals surface area contributed by atoms with E-state index in [1.165, 1.54) is 20.9 Å². The van der Waals surface area contributed by atoms with E-state index in [0.29, 0.717) is 6.54 Å². The van der Waals surface area contributed by atoms with Gasteiger partial charge in [0.25, 0.3) is 0 Å². The number of methoxy groups -OCH3 is 1. The molecule has 0 saturated heterocycles. The maximum atomic E-state index is 6.03. The Kier molecular flexibility index (Phi) is 5.39. The standard InChI is InChI=1S/C17H24N2OS/c1-12-9-16(13(2)21-12)17(10-18)19(3)11-14-5-7-15(20-4)8-6-14/h5-9,17H,10-11,18H2,1-4H3. The second-order valence-electron chi connectivity index (χ2n) is 5.38. The Bertz CT molecular complexity index is 577. The van der Waals surface area contributed by atoms with Gasteiger partial charge in [-0.1, -0.05) is 12.1 Å². The van der Waals surface area contributed by atoms with Crippen LogP contribution in [0.15, 0.2) is 30.3 Å². The normalized spacial score (nSPS) is 12.7. The summed E-state index contributed by atoms with van der Waals surface area (Å²) in [5, 5.41) is 0. The van der Waals surface area contributed by atoms with Crippen LogP contribution in [0.3, 0.4) is 0 Å². The van der Waals surface area contributed by atoms with E-state index in [2.05, 4.69) is 44.0 Å². The molecule has 2 N–H and O–H groups in total. The van der Waals surface area contributed by atoms with Gasteiger partial charge in [0.1, 0.15) is 5.75 Å². The lowest BCUT2D eigenvalue weighted by atomic mass is 10.1. The summed E-state index contributed by atoms with van der Waals surface area (Å²) in [6, 6.07) is 10.7. The molecule has 0 bridgehead atoms. The van der Waals surface area contributed by atoms with E-state index >= 15 is 0 Å². The quantitative estimate of drug-likeness (QED) is 0.887. The van der Waals surface area contributed by atoms with Gasteiger partial charge in [-0.15, -0.1) is 11.3 Å². The summed E-state index contributed by atoms with van der Waals surface area (Å²) in [5.41, 5.74) is 8.65. The van der Waals surface area contributed by atoms with E-state index in [0.717, 1.165) is 12.3 Å². The van der Waals surface area contributed by atoms with E-state index in [4.69, 9.17) is 10.5 Å². The molecule has 4 heteroatoms. The summed E-state index contributed by atoms with van der Waals surface area (Å²) in [6.45, 7) is 5.83. The molecule has 1 unspecified atom stereocenters. The van der Waals surface area contributed by atoms with Crippen molar-refractivity contribution in [1.29, 1.82) is 0 Å². The van der Waals surface area contributed by atoms with Crippen LogP contribution in [0.4, 0.5) is 0 Å². The molecule has 0 radical (unpaired) electrons. The Hall–Kier alpha value is -1.36. The van der Waals surface area contributed by atoms with Crippen molar-refractivity contribution < 1.29 is 4.74 Å². The highest BCUT2D eigenvalue weighted by Gasteiger charge is 2.19. The van der Waals surface area contributed by atoms with Crippen LogP contribution in [0, 0.1) is 13.8 Å². The summed E-state index contributed by atoms with van der Waals surface area (Å²) < 4.78 is 5.20. The van der Waals surface area contributed by atoms with Gasteiger partial charge < -0.3 is 10.5 Å². The van der Waals surface area contributed by atoms with Gasteiger partial charge in [0, 0.05) is 28.9 Å². The van der Waals surface area contributed by atoms with E-state index in [-0.39, 0.29) is 6.04 Å². The van der Waals surface area contributed by atoms with Crippen molar-refractivity contribution in [2.24, 2.45) is 5.73 Å². The van der Waals surface area contributed by atoms with E-state index in [1.54, 1.807) is 7.11 Å². The molecule has 0 fully saturated rings. The fraction of sp³-hybridized carbons (Fsp3) is 0.412. The Labute approximate surface area is 131 Å². The number of aryl methyl sites for hydroxylation is 2. The molecular weight excluding hydrogens is 280 g/mol. The molecule has 114 valence electrons. The molecule has 0 saturated carbocycles. The van der Waals surface area contributed by atoms with Crippen molar-refractivity contribution in [3.05, 3.63) is 51.2 Å². The lowest BCUT2D eigenvalue weighted by Crippen LogP contribution is -2.30. The fourth-order valence-electron chi connectivity index (χ4n) is 2.65. The second-order valence-corrected chi connectivity index (χ2v) is 6.84. The number of hydrogen-bond acceptors (Lipinski definition) is 4. The van der Waals surface area contributed by atoms with Gasteiger partial charge >= 0.3 is 0 Å². The van der Waals surface area contributed by atoms with Crippen LogP contribution >= 0.6 is 11.3 Å². The molecule has 0 amide bonds. The van der Waals surface area contributed by atoms with Gasteiger partial charge in [-0.05, 0) is 50.2 Å². The van der Waals surface area contributed by atoms with Crippen molar-refractivity contribution in [2.75, 3.05) is 20.7 Å². The summed E-state index contributed by atoms with van der Waals surface area (Å²) in [5.74, 6) is 0.890. The Morgan fingerprint density at radius 3 is 2.38 bits per heavy atom. The minimum atomic E-state index is 0.261. The van der Waals surface area contributed by atoms with Gasteiger partial charge in [-0.3, -0.25) is 4.90 Å². The number of nitrogens with two attached hydrogens (primary N) is 1. The van der Waals surface area contributed by atoms with E-state index in [9.17, 15) is 0 Å². The van der Waals surface area contributed by atoms with E-state index < -0.39 is 0 Å². The second kappa shape index (κ2) is 7.07. The predicted molar refractivity (Wildman–Crippen MR) is 90.0 cm³/mol. The molecule has 0 aliphatic carbocycles. The summed E-state index contributed by atoms with van der Waals surface area (Å²) in [6.07, 6.45) is 0. The van der Waals surface area contributed by atoms with Crippen LogP contribution in [0.1, 0.15) is 26.9 Å². The maximum Gasteiger partial charge on any atom is 0.118 e. The monoisotopic (exact) mass is 304 g/mol. The number of ether oxygens (including phenoxy) is 1. The topological polar surface area (TPSA) is 38.5 Å². The smallest absolute Gasteiger partial charge is 0.118 e. The number of benzene rings is 1. The van der Waals surface area contributed by atoms with E-state index in [1.807, 2.05) is 23.5 Å². The number of thiophene rings is 1. The zero-order valence-electron chi connectivity index (χ0n) is 13.2. The van der Waals surface area contributed by atoms with Crippen LogP contribution in [0.2, 0.25) is 0 Å². The van der Waals surface area contributed by atoms with Gasteiger partial charge in [0.15, 0.2) is 0 Å². The lowest BCUT2D eigenvalue weighted by Gasteiger charge is -2.27. The zero-order chi connectivity index (χ0) is 15.4. The number of likely N-dealkylation sites (N-methyl/N-ethyl adjacent to an activating group) is 1. The highest BCUT2D eigenvalue weighted by Crippen LogP contribution is 2.29. The Balaban J connectivity index is 2.12. The minimum absolute atomic E-state index is 0.261. The van der Waals surface area contributed by atoms with Gasteiger partial charge in [0.2, 0.25) is 0 Å². The highest BCUT2D eigenvalue weighted by molar-refractivity contribution is 7.12. The maximum absolute atomic E-state index is 6.03.